The highest BCUT2D eigenvalue weighted by atomic mass is 16.6. The van der Waals surface area contributed by atoms with Gasteiger partial charge in [0, 0.05) is 12.6 Å². The highest BCUT2D eigenvalue weighted by molar-refractivity contribution is 5.86. The number of anilines is 1. The van der Waals surface area contributed by atoms with Crippen molar-refractivity contribution in [2.45, 2.75) is 6.54 Å². The summed E-state index contributed by atoms with van der Waals surface area (Å²) >= 11 is 0. The molecule has 3 aromatic rings. The number of benzene rings is 2. The molecule has 0 atom stereocenters. The molecule has 0 fully saturated rings. The van der Waals surface area contributed by atoms with E-state index < -0.39 is 10.5 Å². The molecule has 0 saturated heterocycles. The van der Waals surface area contributed by atoms with Gasteiger partial charge >= 0.3 is 0 Å². The number of hydrogen-bond donors (Lipinski definition) is 2. The number of nitrogens with zero attached hydrogens (tertiary/aromatic N) is 2. The van der Waals surface area contributed by atoms with Gasteiger partial charge in [-0.15, -0.1) is 0 Å². The second-order valence-electron chi connectivity index (χ2n) is 4.71. The summed E-state index contributed by atoms with van der Waals surface area (Å²) in [5, 5.41) is 14.4. The number of nitro benzene ring substituents is 1. The van der Waals surface area contributed by atoms with Crippen molar-refractivity contribution in [3.8, 4) is 0 Å². The molecule has 110 valence electrons. The zero-order chi connectivity index (χ0) is 15.5. The molecule has 0 aliphatic carbocycles. The van der Waals surface area contributed by atoms with Crippen LogP contribution in [-0.4, -0.2) is 14.9 Å². The monoisotopic (exact) mass is 296 g/mol. The average molecular weight is 296 g/mol. The van der Waals surface area contributed by atoms with E-state index in [-0.39, 0.29) is 11.1 Å². The largest absolute Gasteiger partial charge is 0.375 e. The number of aromatic nitrogens is 2. The van der Waals surface area contributed by atoms with Crippen molar-refractivity contribution in [2.75, 3.05) is 5.32 Å². The number of nitro groups is 1. The molecule has 0 aliphatic heterocycles. The Labute approximate surface area is 124 Å². The van der Waals surface area contributed by atoms with Gasteiger partial charge in [-0.3, -0.25) is 14.9 Å². The van der Waals surface area contributed by atoms with Gasteiger partial charge in [-0.1, -0.05) is 30.3 Å². The van der Waals surface area contributed by atoms with Crippen LogP contribution >= 0.6 is 0 Å². The molecule has 0 radical (unpaired) electrons. The lowest BCUT2D eigenvalue weighted by Crippen LogP contribution is -2.08. The SMILES string of the molecule is O=c1[nH]cnc2cc(NCc3ccccc3)c([N+](=O)[O-])cc12. The van der Waals surface area contributed by atoms with E-state index in [0.717, 1.165) is 5.56 Å². The molecule has 0 unspecified atom stereocenters. The minimum absolute atomic E-state index is 0.151. The van der Waals surface area contributed by atoms with Crippen LogP contribution in [0.4, 0.5) is 11.4 Å². The van der Waals surface area contributed by atoms with Crippen molar-refractivity contribution in [3.05, 3.63) is 74.8 Å². The number of rotatable bonds is 4. The smallest absolute Gasteiger partial charge is 0.293 e. The second-order valence-corrected chi connectivity index (χ2v) is 4.71. The van der Waals surface area contributed by atoms with Crippen LogP contribution in [0.5, 0.6) is 0 Å². The van der Waals surface area contributed by atoms with Gasteiger partial charge in [0.05, 0.1) is 22.2 Å². The van der Waals surface area contributed by atoms with Crippen molar-refractivity contribution in [1.29, 1.82) is 0 Å². The molecular formula is C15H12N4O3. The molecule has 2 N–H and O–H groups in total. The molecule has 0 spiro atoms. The lowest BCUT2D eigenvalue weighted by Gasteiger charge is -2.08. The van der Waals surface area contributed by atoms with Crippen molar-refractivity contribution in [1.82, 2.24) is 9.97 Å². The van der Waals surface area contributed by atoms with Crippen LogP contribution in [0.2, 0.25) is 0 Å². The van der Waals surface area contributed by atoms with E-state index in [0.29, 0.717) is 17.7 Å². The predicted octanol–water partition coefficient (Wildman–Crippen LogP) is 2.44. The minimum atomic E-state index is -0.515. The van der Waals surface area contributed by atoms with E-state index in [1.165, 1.54) is 18.5 Å². The van der Waals surface area contributed by atoms with Crippen molar-refractivity contribution in [2.24, 2.45) is 0 Å². The summed E-state index contributed by atoms with van der Waals surface area (Å²) in [6, 6.07) is 12.3. The Kier molecular flexibility index (Phi) is 3.53. The average Bonchev–Trinajstić information content (AvgIpc) is 2.53. The van der Waals surface area contributed by atoms with E-state index in [9.17, 15) is 14.9 Å². The summed E-state index contributed by atoms with van der Waals surface area (Å²) in [4.78, 5) is 28.9. The molecule has 2 aromatic carbocycles. The van der Waals surface area contributed by atoms with Crippen molar-refractivity contribution < 1.29 is 4.92 Å². The number of fused-ring (bicyclic) bond motifs is 1. The molecule has 0 amide bonds. The van der Waals surface area contributed by atoms with Gasteiger partial charge in [-0.05, 0) is 11.6 Å². The molecule has 7 heteroatoms. The Morgan fingerprint density at radius 2 is 2.00 bits per heavy atom. The second kappa shape index (κ2) is 5.65. The van der Waals surface area contributed by atoms with Crippen LogP contribution in [0, 0.1) is 10.1 Å². The van der Waals surface area contributed by atoms with E-state index >= 15 is 0 Å². The summed E-state index contributed by atoms with van der Waals surface area (Å²) in [5.41, 5.74) is 1.18. The summed E-state index contributed by atoms with van der Waals surface area (Å²) in [6.07, 6.45) is 1.28. The molecule has 3 rings (SSSR count). The lowest BCUT2D eigenvalue weighted by atomic mass is 10.1. The lowest BCUT2D eigenvalue weighted by molar-refractivity contribution is -0.383. The van der Waals surface area contributed by atoms with Gasteiger partial charge in [0.15, 0.2) is 0 Å². The van der Waals surface area contributed by atoms with Crippen LogP contribution in [0.25, 0.3) is 10.9 Å². The number of hydrogen-bond acceptors (Lipinski definition) is 5. The van der Waals surface area contributed by atoms with Crippen LogP contribution in [0.3, 0.4) is 0 Å². The van der Waals surface area contributed by atoms with Crippen LogP contribution < -0.4 is 10.9 Å². The maximum Gasteiger partial charge on any atom is 0.293 e. The minimum Gasteiger partial charge on any atom is -0.375 e. The van der Waals surface area contributed by atoms with Crippen molar-refractivity contribution in [3.63, 3.8) is 0 Å². The van der Waals surface area contributed by atoms with Gasteiger partial charge in [-0.2, -0.15) is 0 Å². The fraction of sp³-hybridized carbons (Fsp3) is 0.0667. The molecule has 22 heavy (non-hydrogen) atoms. The maximum absolute atomic E-state index is 11.7. The first kappa shape index (κ1) is 13.7. The van der Waals surface area contributed by atoms with Crippen molar-refractivity contribution >= 4 is 22.3 Å². The van der Waals surface area contributed by atoms with E-state index in [2.05, 4.69) is 15.3 Å². The number of aromatic amines is 1. The normalized spacial score (nSPS) is 10.5. The molecular weight excluding hydrogens is 284 g/mol. The van der Waals surface area contributed by atoms with Crippen LogP contribution in [0.15, 0.2) is 53.6 Å². The quantitative estimate of drug-likeness (QED) is 0.569. The van der Waals surface area contributed by atoms with Gasteiger partial charge in [0.25, 0.3) is 11.2 Å². The third-order valence-electron chi connectivity index (χ3n) is 3.28. The van der Waals surface area contributed by atoms with Gasteiger partial charge in [0.2, 0.25) is 0 Å². The fourth-order valence-electron chi connectivity index (χ4n) is 2.19. The Hall–Kier alpha value is -3.22. The topological polar surface area (TPSA) is 101 Å². The molecule has 7 nitrogen and oxygen atoms in total. The maximum atomic E-state index is 11.7. The molecule has 1 heterocycles. The first-order chi connectivity index (χ1) is 10.6. The van der Waals surface area contributed by atoms with Gasteiger partial charge < -0.3 is 10.3 Å². The molecule has 0 aliphatic rings. The summed E-state index contributed by atoms with van der Waals surface area (Å²) in [5.74, 6) is 0. The fourth-order valence-corrected chi connectivity index (χ4v) is 2.19. The third-order valence-corrected chi connectivity index (χ3v) is 3.28. The van der Waals surface area contributed by atoms with Crippen LogP contribution in [-0.2, 0) is 6.54 Å². The molecule has 0 saturated carbocycles. The highest BCUT2D eigenvalue weighted by Crippen LogP contribution is 2.28. The zero-order valence-corrected chi connectivity index (χ0v) is 11.4. The van der Waals surface area contributed by atoms with E-state index in [1.807, 2.05) is 30.3 Å². The summed E-state index contributed by atoms with van der Waals surface area (Å²) < 4.78 is 0. The Balaban J connectivity index is 2.02. The van der Waals surface area contributed by atoms with Gasteiger partial charge in [0.1, 0.15) is 5.69 Å². The predicted molar refractivity (Wildman–Crippen MR) is 82.8 cm³/mol. The number of H-pyrrole nitrogens is 1. The zero-order valence-electron chi connectivity index (χ0n) is 11.4. The molecule has 1 aromatic heterocycles. The van der Waals surface area contributed by atoms with Crippen LogP contribution in [0.1, 0.15) is 5.56 Å². The highest BCUT2D eigenvalue weighted by Gasteiger charge is 2.16. The van der Waals surface area contributed by atoms with Gasteiger partial charge in [-0.25, -0.2) is 4.98 Å². The van der Waals surface area contributed by atoms with E-state index in [4.69, 9.17) is 0 Å². The standard InChI is InChI=1S/C15H12N4O3/c20-15-11-6-14(19(21)22)13(7-12(11)17-9-18-15)16-8-10-4-2-1-3-5-10/h1-7,9,16H,8H2,(H,17,18,20). The van der Waals surface area contributed by atoms with E-state index in [1.54, 1.807) is 0 Å². The summed E-state index contributed by atoms with van der Waals surface area (Å²) in [6.45, 7) is 0.441. The Morgan fingerprint density at radius 3 is 2.73 bits per heavy atom. The number of nitrogens with one attached hydrogen (secondary N) is 2. The molecule has 0 bridgehead atoms. The Morgan fingerprint density at radius 1 is 1.23 bits per heavy atom. The Bertz CT molecular complexity index is 890. The summed E-state index contributed by atoms with van der Waals surface area (Å²) in [7, 11) is 0. The first-order valence-corrected chi connectivity index (χ1v) is 6.59. The third kappa shape index (κ3) is 2.64. The first-order valence-electron chi connectivity index (χ1n) is 6.59.